The Hall–Kier alpha value is -1.97. The number of ether oxygens (including phenoxy) is 1. The number of nitrogens with zero attached hydrogens (tertiary/aromatic N) is 4. The molecule has 1 aliphatic heterocycles. The molecule has 2 atom stereocenters. The molecule has 0 spiro atoms. The molecular weight excluding hydrogens is 345 g/mol. The van der Waals surface area contributed by atoms with Gasteiger partial charge in [0.15, 0.2) is 10.9 Å². The van der Waals surface area contributed by atoms with Gasteiger partial charge in [-0.1, -0.05) is 0 Å². The van der Waals surface area contributed by atoms with Crippen molar-refractivity contribution >= 4 is 22.4 Å². The molecule has 9 heteroatoms. The summed E-state index contributed by atoms with van der Waals surface area (Å²) in [6.07, 6.45) is 4.65. The van der Waals surface area contributed by atoms with E-state index in [1.54, 1.807) is 6.20 Å². The van der Waals surface area contributed by atoms with Gasteiger partial charge in [-0.25, -0.2) is 19.3 Å². The summed E-state index contributed by atoms with van der Waals surface area (Å²) < 4.78 is 18.7. The SMILES string of the molecule is CC(=O)Nc1ncc([C@@H](C)N2CCOC(Cc3ncc(F)cn3)C2)s1. The molecule has 0 bridgehead atoms. The largest absolute Gasteiger partial charge is 0.375 e. The van der Waals surface area contributed by atoms with E-state index in [2.05, 4.69) is 32.1 Å². The van der Waals surface area contributed by atoms with Crippen LogP contribution in [0.2, 0.25) is 0 Å². The van der Waals surface area contributed by atoms with Gasteiger partial charge in [0.1, 0.15) is 5.82 Å². The molecule has 1 amide bonds. The molecule has 0 radical (unpaired) electrons. The molecule has 3 rings (SSSR count). The van der Waals surface area contributed by atoms with Crippen LogP contribution in [0, 0.1) is 5.82 Å². The summed E-state index contributed by atoms with van der Waals surface area (Å²) in [5.41, 5.74) is 0. The summed E-state index contributed by atoms with van der Waals surface area (Å²) in [6.45, 7) is 5.74. The number of aromatic nitrogens is 3. The third kappa shape index (κ3) is 4.77. The predicted octanol–water partition coefficient (Wildman–Crippen LogP) is 2.04. The van der Waals surface area contributed by atoms with Crippen LogP contribution in [0.3, 0.4) is 0 Å². The Bertz CT molecular complexity index is 724. The number of hydrogen-bond acceptors (Lipinski definition) is 7. The highest BCUT2D eigenvalue weighted by Gasteiger charge is 2.27. The molecule has 2 aromatic rings. The van der Waals surface area contributed by atoms with Gasteiger partial charge in [-0.05, 0) is 6.92 Å². The molecule has 0 aliphatic carbocycles. The third-order valence-corrected chi connectivity index (χ3v) is 5.10. The Morgan fingerprint density at radius 2 is 2.20 bits per heavy atom. The highest BCUT2D eigenvalue weighted by molar-refractivity contribution is 7.15. The van der Waals surface area contributed by atoms with Crippen molar-refractivity contribution in [2.45, 2.75) is 32.4 Å². The molecule has 25 heavy (non-hydrogen) atoms. The van der Waals surface area contributed by atoms with Gasteiger partial charge in [0.2, 0.25) is 5.91 Å². The fraction of sp³-hybridized carbons (Fsp3) is 0.500. The van der Waals surface area contributed by atoms with Gasteiger partial charge in [0.25, 0.3) is 0 Å². The number of rotatable bonds is 5. The average Bonchev–Trinajstić information content (AvgIpc) is 3.04. The maximum Gasteiger partial charge on any atom is 0.223 e. The summed E-state index contributed by atoms with van der Waals surface area (Å²) in [6, 6.07) is 0.167. The summed E-state index contributed by atoms with van der Waals surface area (Å²) in [5.74, 6) is 0.00894. The van der Waals surface area contributed by atoms with E-state index < -0.39 is 5.82 Å². The highest BCUT2D eigenvalue weighted by Crippen LogP contribution is 2.29. The Morgan fingerprint density at radius 3 is 2.92 bits per heavy atom. The Labute approximate surface area is 149 Å². The number of halogens is 1. The number of amides is 1. The Kier molecular flexibility index (Phi) is 5.67. The summed E-state index contributed by atoms with van der Waals surface area (Å²) in [4.78, 5) is 26.8. The second-order valence-electron chi connectivity index (χ2n) is 5.93. The maximum absolute atomic E-state index is 12.9. The number of anilines is 1. The first-order valence-electron chi connectivity index (χ1n) is 8.06. The fourth-order valence-corrected chi connectivity index (χ4v) is 3.68. The minimum absolute atomic E-state index is 0.0376. The monoisotopic (exact) mass is 365 g/mol. The predicted molar refractivity (Wildman–Crippen MR) is 91.8 cm³/mol. The first-order valence-corrected chi connectivity index (χ1v) is 8.88. The van der Waals surface area contributed by atoms with E-state index in [1.807, 2.05) is 0 Å². The number of carbonyl (C=O) groups excluding carboxylic acids is 1. The van der Waals surface area contributed by atoms with E-state index in [0.29, 0.717) is 24.0 Å². The van der Waals surface area contributed by atoms with Crippen LogP contribution in [0.5, 0.6) is 0 Å². The number of morpholine rings is 1. The number of nitrogens with one attached hydrogen (secondary N) is 1. The van der Waals surface area contributed by atoms with Crippen molar-refractivity contribution in [1.29, 1.82) is 0 Å². The summed E-state index contributed by atoms with van der Waals surface area (Å²) in [5, 5.41) is 3.32. The van der Waals surface area contributed by atoms with Crippen molar-refractivity contribution in [1.82, 2.24) is 19.9 Å². The van der Waals surface area contributed by atoms with Crippen molar-refractivity contribution in [2.24, 2.45) is 0 Å². The molecule has 2 aromatic heterocycles. The molecule has 1 N–H and O–H groups in total. The van der Waals surface area contributed by atoms with Gasteiger partial charge in [-0.2, -0.15) is 0 Å². The molecule has 1 fully saturated rings. The van der Waals surface area contributed by atoms with Crippen molar-refractivity contribution in [3.63, 3.8) is 0 Å². The lowest BCUT2D eigenvalue weighted by atomic mass is 10.1. The summed E-state index contributed by atoms with van der Waals surface area (Å²) in [7, 11) is 0. The van der Waals surface area contributed by atoms with Crippen LogP contribution in [0.15, 0.2) is 18.6 Å². The molecule has 1 unspecified atom stereocenters. The van der Waals surface area contributed by atoms with E-state index in [-0.39, 0.29) is 18.1 Å². The number of thiazole rings is 1. The molecule has 1 aliphatic rings. The van der Waals surface area contributed by atoms with E-state index in [9.17, 15) is 9.18 Å². The lowest BCUT2D eigenvalue weighted by Crippen LogP contribution is -2.44. The topological polar surface area (TPSA) is 80.2 Å². The van der Waals surface area contributed by atoms with Crippen LogP contribution < -0.4 is 5.32 Å². The molecule has 0 aromatic carbocycles. The zero-order chi connectivity index (χ0) is 17.8. The second kappa shape index (κ2) is 7.94. The number of carbonyl (C=O) groups is 1. The molecule has 1 saturated heterocycles. The van der Waals surface area contributed by atoms with Crippen LogP contribution in [0.25, 0.3) is 0 Å². The zero-order valence-corrected chi connectivity index (χ0v) is 14.9. The first kappa shape index (κ1) is 17.8. The first-order chi connectivity index (χ1) is 12.0. The fourth-order valence-electron chi connectivity index (χ4n) is 2.73. The Morgan fingerprint density at radius 1 is 1.44 bits per heavy atom. The van der Waals surface area contributed by atoms with Crippen molar-refractivity contribution in [2.75, 3.05) is 25.0 Å². The second-order valence-corrected chi connectivity index (χ2v) is 7.00. The molecular formula is C16H20FN5O2S. The van der Waals surface area contributed by atoms with Gasteiger partial charge in [-0.15, -0.1) is 11.3 Å². The van der Waals surface area contributed by atoms with E-state index in [0.717, 1.165) is 18.0 Å². The average molecular weight is 365 g/mol. The molecule has 7 nitrogen and oxygen atoms in total. The molecule has 0 saturated carbocycles. The van der Waals surface area contributed by atoms with Crippen LogP contribution in [0.1, 0.15) is 30.6 Å². The van der Waals surface area contributed by atoms with Crippen LogP contribution >= 0.6 is 11.3 Å². The third-order valence-electron chi connectivity index (χ3n) is 4.02. The van der Waals surface area contributed by atoms with Gasteiger partial charge in [0, 0.05) is 43.5 Å². The van der Waals surface area contributed by atoms with Crippen molar-refractivity contribution in [3.05, 3.63) is 35.1 Å². The normalized spacial score (nSPS) is 19.6. The Balaban J connectivity index is 1.61. The lowest BCUT2D eigenvalue weighted by molar-refractivity contribution is -0.114. The molecule has 3 heterocycles. The standard InChI is InChI=1S/C16H20FN5O2S/c1-10(14-8-20-16(25-14)21-11(2)23)22-3-4-24-13(9-22)5-15-18-6-12(17)7-19-15/h6-8,10,13H,3-5,9H2,1-2H3,(H,20,21,23)/t10-,13?/m1/s1. The van der Waals surface area contributed by atoms with Crippen LogP contribution in [0.4, 0.5) is 9.52 Å². The van der Waals surface area contributed by atoms with Gasteiger partial charge in [0.05, 0.1) is 25.1 Å². The van der Waals surface area contributed by atoms with Crippen molar-refractivity contribution < 1.29 is 13.9 Å². The van der Waals surface area contributed by atoms with Crippen molar-refractivity contribution in [3.8, 4) is 0 Å². The van der Waals surface area contributed by atoms with Crippen LogP contribution in [-0.2, 0) is 16.0 Å². The quantitative estimate of drug-likeness (QED) is 0.873. The highest BCUT2D eigenvalue weighted by atomic mass is 32.1. The van der Waals surface area contributed by atoms with Gasteiger partial charge >= 0.3 is 0 Å². The van der Waals surface area contributed by atoms with Gasteiger partial charge in [-0.3, -0.25) is 9.69 Å². The summed E-state index contributed by atoms with van der Waals surface area (Å²) >= 11 is 1.48. The number of hydrogen-bond donors (Lipinski definition) is 1. The minimum Gasteiger partial charge on any atom is -0.375 e. The zero-order valence-electron chi connectivity index (χ0n) is 14.1. The maximum atomic E-state index is 12.9. The molecule has 134 valence electrons. The van der Waals surface area contributed by atoms with E-state index in [4.69, 9.17) is 4.74 Å². The van der Waals surface area contributed by atoms with E-state index in [1.165, 1.54) is 30.7 Å². The van der Waals surface area contributed by atoms with Gasteiger partial charge < -0.3 is 10.1 Å². The smallest absolute Gasteiger partial charge is 0.223 e. The van der Waals surface area contributed by atoms with E-state index >= 15 is 0 Å². The minimum atomic E-state index is -0.441. The lowest BCUT2D eigenvalue weighted by Gasteiger charge is -2.36. The van der Waals surface area contributed by atoms with Crippen LogP contribution in [-0.4, -0.2) is 51.6 Å².